The van der Waals surface area contributed by atoms with Gasteiger partial charge in [0.2, 0.25) is 0 Å². The van der Waals surface area contributed by atoms with Gasteiger partial charge in [-0.15, -0.1) is 0 Å². The highest BCUT2D eigenvalue weighted by molar-refractivity contribution is 5.82. The Bertz CT molecular complexity index is 162. The van der Waals surface area contributed by atoms with Crippen molar-refractivity contribution in [1.82, 2.24) is 0 Å². The molecule has 0 aliphatic heterocycles. The van der Waals surface area contributed by atoms with Crippen LogP contribution in [0.5, 0.6) is 0 Å². The first-order valence-corrected chi connectivity index (χ1v) is 5.51. The van der Waals surface area contributed by atoms with Crippen molar-refractivity contribution in [2.45, 2.75) is 40.5 Å². The van der Waals surface area contributed by atoms with Crippen molar-refractivity contribution in [2.24, 2.45) is 17.8 Å². The molecule has 2 nitrogen and oxygen atoms in total. The van der Waals surface area contributed by atoms with Gasteiger partial charge in [0.25, 0.3) is 0 Å². The molecule has 0 bridgehead atoms. The van der Waals surface area contributed by atoms with E-state index in [1.54, 1.807) is 7.11 Å². The number of Topliss-reactive ketones (excluding diaryl/α,β-unsaturated/α-hetero) is 1. The normalized spacial score (nSPS) is 13.6. The molecule has 0 N–H and O–H groups in total. The van der Waals surface area contributed by atoms with Crippen LogP contribution in [0, 0.1) is 17.8 Å². The molecular weight excluding hydrogens is 176 g/mol. The number of methoxy groups -OCH3 is 1. The maximum Gasteiger partial charge on any atom is 0.138 e. The van der Waals surface area contributed by atoms with Crippen molar-refractivity contribution in [1.29, 1.82) is 0 Å². The standard InChI is InChI=1S/C12H24O2/c1-9(2)8-11(6-7-14-5)12(13)10(3)4/h9-11H,6-8H2,1-5H3/t11-/m1/s1. The average Bonchev–Trinajstić information content (AvgIpc) is 2.10. The van der Waals surface area contributed by atoms with Crippen molar-refractivity contribution in [2.75, 3.05) is 13.7 Å². The van der Waals surface area contributed by atoms with Gasteiger partial charge >= 0.3 is 0 Å². The molecule has 0 saturated heterocycles. The van der Waals surface area contributed by atoms with Crippen LogP contribution in [0.2, 0.25) is 0 Å². The van der Waals surface area contributed by atoms with Crippen LogP contribution < -0.4 is 0 Å². The molecular formula is C12H24O2. The third kappa shape index (κ3) is 5.38. The van der Waals surface area contributed by atoms with E-state index in [0.717, 1.165) is 12.8 Å². The van der Waals surface area contributed by atoms with Crippen LogP contribution in [0.3, 0.4) is 0 Å². The minimum absolute atomic E-state index is 0.149. The quantitative estimate of drug-likeness (QED) is 0.631. The molecule has 0 aromatic heterocycles. The van der Waals surface area contributed by atoms with E-state index in [1.165, 1.54) is 0 Å². The van der Waals surface area contributed by atoms with E-state index in [4.69, 9.17) is 4.74 Å². The summed E-state index contributed by atoms with van der Waals surface area (Å²) in [5.74, 6) is 1.31. The van der Waals surface area contributed by atoms with Crippen molar-refractivity contribution in [3.8, 4) is 0 Å². The van der Waals surface area contributed by atoms with Crippen LogP contribution in [-0.2, 0) is 9.53 Å². The number of rotatable bonds is 7. The molecule has 0 aromatic rings. The van der Waals surface area contributed by atoms with E-state index in [1.807, 2.05) is 13.8 Å². The van der Waals surface area contributed by atoms with Gasteiger partial charge in [-0.1, -0.05) is 27.7 Å². The van der Waals surface area contributed by atoms with Crippen molar-refractivity contribution in [3.05, 3.63) is 0 Å². The fourth-order valence-corrected chi connectivity index (χ4v) is 1.68. The molecule has 0 aliphatic rings. The summed E-state index contributed by atoms with van der Waals surface area (Å²) in [5.41, 5.74) is 0. The molecule has 14 heavy (non-hydrogen) atoms. The fourth-order valence-electron chi connectivity index (χ4n) is 1.68. The number of carbonyl (C=O) groups excluding carboxylic acids is 1. The van der Waals surface area contributed by atoms with E-state index in [-0.39, 0.29) is 11.8 Å². The minimum atomic E-state index is 0.149. The van der Waals surface area contributed by atoms with Gasteiger partial charge in [0.15, 0.2) is 0 Å². The fraction of sp³-hybridized carbons (Fsp3) is 0.917. The Morgan fingerprint density at radius 3 is 2.14 bits per heavy atom. The summed E-state index contributed by atoms with van der Waals surface area (Å²) < 4.78 is 5.03. The van der Waals surface area contributed by atoms with Gasteiger partial charge in [0, 0.05) is 25.6 Å². The van der Waals surface area contributed by atoms with Gasteiger partial charge in [0.05, 0.1) is 0 Å². The second-order valence-corrected chi connectivity index (χ2v) is 4.67. The van der Waals surface area contributed by atoms with Crippen LogP contribution in [-0.4, -0.2) is 19.5 Å². The number of hydrogen-bond acceptors (Lipinski definition) is 2. The predicted molar refractivity (Wildman–Crippen MR) is 59.3 cm³/mol. The monoisotopic (exact) mass is 200 g/mol. The molecule has 0 fully saturated rings. The lowest BCUT2D eigenvalue weighted by atomic mass is 9.86. The van der Waals surface area contributed by atoms with Crippen molar-refractivity contribution >= 4 is 5.78 Å². The third-order valence-electron chi connectivity index (χ3n) is 2.40. The summed E-state index contributed by atoms with van der Waals surface area (Å²) in [6, 6.07) is 0. The van der Waals surface area contributed by atoms with Gasteiger partial charge in [-0.3, -0.25) is 4.79 Å². The predicted octanol–water partition coefficient (Wildman–Crippen LogP) is 2.91. The van der Waals surface area contributed by atoms with Gasteiger partial charge in [-0.05, 0) is 18.8 Å². The Kier molecular flexibility index (Phi) is 6.81. The average molecular weight is 200 g/mol. The van der Waals surface area contributed by atoms with Gasteiger partial charge in [0.1, 0.15) is 5.78 Å². The second-order valence-electron chi connectivity index (χ2n) is 4.67. The molecule has 84 valence electrons. The highest BCUT2D eigenvalue weighted by Crippen LogP contribution is 2.20. The lowest BCUT2D eigenvalue weighted by molar-refractivity contribution is -0.126. The molecule has 2 heteroatoms. The zero-order valence-corrected chi connectivity index (χ0v) is 10.2. The maximum atomic E-state index is 11.8. The second kappa shape index (κ2) is 6.99. The molecule has 0 amide bonds. The Hall–Kier alpha value is -0.370. The van der Waals surface area contributed by atoms with Crippen molar-refractivity contribution < 1.29 is 9.53 Å². The first-order valence-electron chi connectivity index (χ1n) is 5.51. The zero-order chi connectivity index (χ0) is 11.1. The van der Waals surface area contributed by atoms with E-state index in [2.05, 4.69) is 13.8 Å². The third-order valence-corrected chi connectivity index (χ3v) is 2.40. The number of carbonyl (C=O) groups is 1. The SMILES string of the molecule is COCC[C@H](CC(C)C)C(=O)C(C)C. The lowest BCUT2D eigenvalue weighted by Gasteiger charge is -2.19. The van der Waals surface area contributed by atoms with Gasteiger partial charge in [-0.25, -0.2) is 0 Å². The van der Waals surface area contributed by atoms with E-state index < -0.39 is 0 Å². The van der Waals surface area contributed by atoms with Gasteiger partial charge < -0.3 is 4.74 Å². The molecule has 0 aromatic carbocycles. The van der Waals surface area contributed by atoms with E-state index in [0.29, 0.717) is 18.3 Å². The van der Waals surface area contributed by atoms with Crippen LogP contribution in [0.1, 0.15) is 40.5 Å². The molecule has 0 heterocycles. The van der Waals surface area contributed by atoms with Gasteiger partial charge in [-0.2, -0.15) is 0 Å². The van der Waals surface area contributed by atoms with Crippen LogP contribution >= 0.6 is 0 Å². The Balaban J connectivity index is 4.15. The highest BCUT2D eigenvalue weighted by atomic mass is 16.5. The summed E-state index contributed by atoms with van der Waals surface area (Å²) >= 11 is 0. The molecule has 0 radical (unpaired) electrons. The summed E-state index contributed by atoms with van der Waals surface area (Å²) in [6.07, 6.45) is 1.85. The summed E-state index contributed by atoms with van der Waals surface area (Å²) in [5, 5.41) is 0. The molecule has 0 saturated carbocycles. The number of ketones is 1. The Labute approximate surface area is 88.0 Å². The Morgan fingerprint density at radius 1 is 1.21 bits per heavy atom. The molecule has 0 aliphatic carbocycles. The van der Waals surface area contributed by atoms with E-state index >= 15 is 0 Å². The summed E-state index contributed by atoms with van der Waals surface area (Å²) in [6.45, 7) is 8.96. The molecule has 0 rings (SSSR count). The maximum absolute atomic E-state index is 11.8. The van der Waals surface area contributed by atoms with Crippen LogP contribution in [0.15, 0.2) is 0 Å². The molecule has 0 spiro atoms. The molecule has 1 atom stereocenters. The number of hydrogen-bond donors (Lipinski definition) is 0. The summed E-state index contributed by atoms with van der Waals surface area (Å²) in [7, 11) is 1.69. The van der Waals surface area contributed by atoms with Crippen molar-refractivity contribution in [3.63, 3.8) is 0 Å². The smallest absolute Gasteiger partial charge is 0.138 e. The molecule has 0 unspecified atom stereocenters. The van der Waals surface area contributed by atoms with Crippen LogP contribution in [0.4, 0.5) is 0 Å². The minimum Gasteiger partial charge on any atom is -0.385 e. The highest BCUT2D eigenvalue weighted by Gasteiger charge is 2.21. The van der Waals surface area contributed by atoms with Crippen LogP contribution in [0.25, 0.3) is 0 Å². The van der Waals surface area contributed by atoms with E-state index in [9.17, 15) is 4.79 Å². The Morgan fingerprint density at radius 2 is 1.79 bits per heavy atom. The first kappa shape index (κ1) is 13.6. The topological polar surface area (TPSA) is 26.3 Å². The number of ether oxygens (including phenoxy) is 1. The zero-order valence-electron chi connectivity index (χ0n) is 10.2. The lowest BCUT2D eigenvalue weighted by Crippen LogP contribution is -2.22. The largest absolute Gasteiger partial charge is 0.385 e. The summed E-state index contributed by atoms with van der Waals surface area (Å²) in [4.78, 5) is 11.8. The first-order chi connectivity index (χ1) is 6.49.